The zero-order valence-electron chi connectivity index (χ0n) is 12.0. The van der Waals surface area contributed by atoms with Gasteiger partial charge in [-0.1, -0.05) is 11.3 Å². The number of hydrogen-bond acceptors (Lipinski definition) is 9. The van der Waals surface area contributed by atoms with E-state index >= 15 is 0 Å². The molecule has 1 heterocycles. The van der Waals surface area contributed by atoms with Crippen LogP contribution in [0.4, 0.5) is 10.8 Å². The lowest BCUT2D eigenvalue weighted by Crippen LogP contribution is -2.11. The van der Waals surface area contributed by atoms with E-state index in [9.17, 15) is 14.9 Å². The van der Waals surface area contributed by atoms with Crippen molar-refractivity contribution in [3.63, 3.8) is 0 Å². The molecule has 2 aromatic rings. The van der Waals surface area contributed by atoms with Gasteiger partial charge in [0.1, 0.15) is 0 Å². The molecule has 0 bridgehead atoms. The minimum atomic E-state index is -0.717. The topological polar surface area (TPSA) is 133 Å². The van der Waals surface area contributed by atoms with E-state index in [-0.39, 0.29) is 11.3 Å². The molecule has 0 aliphatic carbocycles. The molecule has 2 rings (SSSR count). The lowest BCUT2D eigenvalue weighted by molar-refractivity contribution is -0.387. The Morgan fingerprint density at radius 3 is 2.96 bits per heavy atom. The zero-order chi connectivity index (χ0) is 16.8. The maximum absolute atomic E-state index is 11.1. The zero-order valence-corrected chi connectivity index (χ0v) is 13.6. The first-order valence-corrected chi connectivity index (χ1v) is 7.97. The van der Waals surface area contributed by atoms with Crippen LogP contribution in [0.3, 0.4) is 0 Å². The third kappa shape index (κ3) is 4.61. The van der Waals surface area contributed by atoms with E-state index in [1.165, 1.54) is 23.5 Å². The average molecular weight is 355 g/mol. The largest absolute Gasteiger partial charge is 0.383 e. The highest BCUT2D eigenvalue weighted by Crippen LogP contribution is 2.37. The van der Waals surface area contributed by atoms with Gasteiger partial charge in [0.15, 0.2) is 4.34 Å². The van der Waals surface area contributed by atoms with Gasteiger partial charge < -0.3 is 15.8 Å². The molecule has 0 spiro atoms. The number of rotatable bonds is 8. The Kier molecular flexibility index (Phi) is 5.84. The number of carbonyl (C=O) groups excluding carboxylic acids is 1. The monoisotopic (exact) mass is 355 g/mol. The van der Waals surface area contributed by atoms with Gasteiger partial charge in [-0.3, -0.25) is 14.9 Å². The van der Waals surface area contributed by atoms with Crippen molar-refractivity contribution in [2.45, 2.75) is 9.24 Å². The van der Waals surface area contributed by atoms with E-state index in [0.29, 0.717) is 27.5 Å². The molecule has 122 valence electrons. The first-order valence-electron chi connectivity index (χ1n) is 6.33. The van der Waals surface area contributed by atoms with Gasteiger partial charge in [0.2, 0.25) is 11.0 Å². The van der Waals surface area contributed by atoms with E-state index in [1.54, 1.807) is 7.11 Å². The number of benzene rings is 1. The van der Waals surface area contributed by atoms with Crippen molar-refractivity contribution in [1.82, 2.24) is 10.2 Å². The summed E-state index contributed by atoms with van der Waals surface area (Å²) < 4.78 is 5.46. The number of ether oxygens (including phenoxy) is 1. The molecule has 23 heavy (non-hydrogen) atoms. The Hall–Kier alpha value is -2.24. The maximum Gasteiger partial charge on any atom is 0.284 e. The van der Waals surface area contributed by atoms with Crippen LogP contribution in [-0.4, -0.2) is 41.3 Å². The molecule has 1 aromatic carbocycles. The number of nitrogens with one attached hydrogen (secondary N) is 1. The Labute approximate surface area is 139 Å². The summed E-state index contributed by atoms with van der Waals surface area (Å²) in [6.07, 6.45) is 0. The molecule has 0 fully saturated rings. The van der Waals surface area contributed by atoms with Crippen LogP contribution < -0.4 is 11.1 Å². The number of amides is 1. The molecular formula is C12H13N5O4S2. The van der Waals surface area contributed by atoms with Crippen molar-refractivity contribution in [2.24, 2.45) is 5.73 Å². The molecular weight excluding hydrogens is 342 g/mol. The van der Waals surface area contributed by atoms with Crippen molar-refractivity contribution in [1.29, 1.82) is 0 Å². The molecule has 1 aromatic heterocycles. The number of methoxy groups -OCH3 is 1. The van der Waals surface area contributed by atoms with Crippen LogP contribution in [0.15, 0.2) is 27.4 Å². The Morgan fingerprint density at radius 1 is 1.52 bits per heavy atom. The van der Waals surface area contributed by atoms with Crippen LogP contribution >= 0.6 is 23.1 Å². The molecule has 0 aliphatic heterocycles. The van der Waals surface area contributed by atoms with Crippen LogP contribution in [0.2, 0.25) is 0 Å². The highest BCUT2D eigenvalue weighted by molar-refractivity contribution is 8.01. The molecule has 9 nitrogen and oxygen atoms in total. The van der Waals surface area contributed by atoms with Gasteiger partial charge in [0.05, 0.1) is 16.4 Å². The van der Waals surface area contributed by atoms with Crippen LogP contribution in [0.1, 0.15) is 10.4 Å². The van der Waals surface area contributed by atoms with Gasteiger partial charge in [-0.2, -0.15) is 0 Å². The summed E-state index contributed by atoms with van der Waals surface area (Å²) in [6.45, 7) is 1.12. The first-order chi connectivity index (χ1) is 11.0. The Balaban J connectivity index is 2.16. The smallest absolute Gasteiger partial charge is 0.284 e. The van der Waals surface area contributed by atoms with Gasteiger partial charge in [0, 0.05) is 25.3 Å². The number of nitrogens with two attached hydrogens (primary N) is 1. The molecule has 3 N–H and O–H groups in total. The van der Waals surface area contributed by atoms with Crippen molar-refractivity contribution in [3.8, 4) is 0 Å². The van der Waals surface area contributed by atoms with Crippen LogP contribution in [0.25, 0.3) is 0 Å². The van der Waals surface area contributed by atoms with Gasteiger partial charge in [-0.15, -0.1) is 10.2 Å². The van der Waals surface area contributed by atoms with E-state index in [2.05, 4.69) is 15.5 Å². The fourth-order valence-electron chi connectivity index (χ4n) is 1.58. The van der Waals surface area contributed by atoms with Crippen LogP contribution in [0, 0.1) is 10.1 Å². The Bertz CT molecular complexity index is 721. The number of nitrogens with zero attached hydrogens (tertiary/aromatic N) is 3. The van der Waals surface area contributed by atoms with Crippen molar-refractivity contribution in [3.05, 3.63) is 33.9 Å². The summed E-state index contributed by atoms with van der Waals surface area (Å²) in [5, 5.41) is 22.7. The third-order valence-electron chi connectivity index (χ3n) is 2.63. The SMILES string of the molecule is COCCNc1nnc(Sc2ccc(C(N)=O)cc2[N+](=O)[O-])s1. The molecule has 0 saturated heterocycles. The maximum atomic E-state index is 11.1. The lowest BCUT2D eigenvalue weighted by Gasteiger charge is -2.02. The molecule has 11 heteroatoms. The normalized spacial score (nSPS) is 10.5. The Morgan fingerprint density at radius 2 is 2.30 bits per heavy atom. The highest BCUT2D eigenvalue weighted by atomic mass is 32.2. The molecule has 0 atom stereocenters. The summed E-state index contributed by atoms with van der Waals surface area (Å²) in [5.74, 6) is -0.717. The average Bonchev–Trinajstić information content (AvgIpc) is 2.95. The predicted octanol–water partition coefficient (Wildman–Crippen LogP) is 1.75. The van der Waals surface area contributed by atoms with Gasteiger partial charge >= 0.3 is 0 Å². The number of anilines is 1. The van der Waals surface area contributed by atoms with Crippen LogP contribution in [0.5, 0.6) is 0 Å². The fraction of sp³-hybridized carbons (Fsp3) is 0.250. The summed E-state index contributed by atoms with van der Waals surface area (Å²) in [7, 11) is 1.60. The van der Waals surface area contributed by atoms with Crippen molar-refractivity contribution >= 4 is 39.8 Å². The molecule has 1 amide bonds. The second-order valence-electron chi connectivity index (χ2n) is 4.20. The molecule has 0 unspecified atom stereocenters. The number of nitro groups is 1. The van der Waals surface area contributed by atoms with Crippen LogP contribution in [-0.2, 0) is 4.74 Å². The van der Waals surface area contributed by atoms with Gasteiger partial charge in [-0.05, 0) is 23.9 Å². The molecule has 0 radical (unpaired) electrons. The standard InChI is InChI=1S/C12H13N5O4S2/c1-21-5-4-14-11-15-16-12(23-11)22-9-3-2-7(10(13)18)6-8(9)17(19)20/h2-3,6H,4-5H2,1H3,(H2,13,18)(H,14,15). The van der Waals surface area contributed by atoms with E-state index in [1.807, 2.05) is 0 Å². The number of nitro benzene ring substituents is 1. The number of carbonyl (C=O) groups is 1. The molecule has 0 aliphatic rings. The van der Waals surface area contributed by atoms with E-state index in [4.69, 9.17) is 10.5 Å². The minimum Gasteiger partial charge on any atom is -0.383 e. The summed E-state index contributed by atoms with van der Waals surface area (Å²) >= 11 is 2.37. The van der Waals surface area contributed by atoms with Gasteiger partial charge in [0.25, 0.3) is 5.69 Å². The quantitative estimate of drug-likeness (QED) is 0.415. The third-order valence-corrected chi connectivity index (χ3v) is 4.62. The number of primary amides is 1. The summed E-state index contributed by atoms with van der Waals surface area (Å²) in [4.78, 5) is 22.1. The lowest BCUT2D eigenvalue weighted by atomic mass is 10.2. The van der Waals surface area contributed by atoms with E-state index < -0.39 is 10.8 Å². The van der Waals surface area contributed by atoms with Crippen molar-refractivity contribution in [2.75, 3.05) is 25.6 Å². The van der Waals surface area contributed by atoms with Crippen molar-refractivity contribution < 1.29 is 14.5 Å². The van der Waals surface area contributed by atoms with Gasteiger partial charge in [-0.25, -0.2) is 0 Å². The second-order valence-corrected chi connectivity index (χ2v) is 6.47. The van der Waals surface area contributed by atoms with E-state index in [0.717, 1.165) is 17.8 Å². The minimum absolute atomic E-state index is 0.0836. The predicted molar refractivity (Wildman–Crippen MR) is 86.0 cm³/mol. The number of aromatic nitrogens is 2. The number of hydrogen-bond donors (Lipinski definition) is 2. The summed E-state index contributed by atoms with van der Waals surface area (Å²) in [5.41, 5.74) is 5.02. The first kappa shape index (κ1) is 17.1. The fourth-order valence-corrected chi connectivity index (χ4v) is 3.40. The highest BCUT2D eigenvalue weighted by Gasteiger charge is 2.19. The summed E-state index contributed by atoms with van der Waals surface area (Å²) in [6, 6.07) is 4.07. The second kappa shape index (κ2) is 7.85. The molecule has 0 saturated carbocycles.